The molecule has 8 heteroatoms. The van der Waals surface area contributed by atoms with Gasteiger partial charge in [0.25, 0.3) is 0 Å². The molecule has 8 nitrogen and oxygen atoms in total. The third kappa shape index (κ3) is 7.15. The van der Waals surface area contributed by atoms with Crippen molar-refractivity contribution in [3.63, 3.8) is 0 Å². The van der Waals surface area contributed by atoms with Crippen LogP contribution >= 0.6 is 0 Å². The van der Waals surface area contributed by atoms with Crippen molar-refractivity contribution < 1.29 is 29.3 Å². The fourth-order valence-corrected chi connectivity index (χ4v) is 6.72. The monoisotopic (exact) mass is 484 g/mol. The minimum atomic E-state index is -0.373. The van der Waals surface area contributed by atoms with Crippen LogP contribution in [0.1, 0.15) is 93.9 Å². The van der Waals surface area contributed by atoms with E-state index >= 15 is 0 Å². The first-order valence-corrected chi connectivity index (χ1v) is 12.7. The summed E-state index contributed by atoms with van der Waals surface area (Å²) in [7, 11) is 0. The van der Waals surface area contributed by atoms with E-state index in [0.29, 0.717) is 38.8 Å². The molecule has 0 atom stereocenters. The lowest BCUT2D eigenvalue weighted by atomic mass is 9.78. The van der Waals surface area contributed by atoms with E-state index in [-0.39, 0.29) is 72.4 Å². The number of carbonyl (C=O) groups excluding carboxylic acids is 2. The normalized spacial score (nSPS) is 25.1. The molecule has 2 heterocycles. The molecule has 2 saturated heterocycles. The van der Waals surface area contributed by atoms with E-state index in [1.54, 1.807) is 0 Å². The van der Waals surface area contributed by atoms with Gasteiger partial charge in [-0.15, -0.1) is 0 Å². The fourth-order valence-electron chi connectivity index (χ4n) is 6.72. The van der Waals surface area contributed by atoms with Crippen LogP contribution in [0, 0.1) is 0 Å². The molecule has 2 rings (SSSR count). The second kappa shape index (κ2) is 10.8. The molecular formula is C26H48N2O6. The van der Waals surface area contributed by atoms with Crippen molar-refractivity contribution >= 4 is 11.9 Å². The number of esters is 2. The minimum Gasteiger partial charge on any atom is -0.462 e. The zero-order valence-electron chi connectivity index (χ0n) is 22.6. The maximum Gasteiger partial charge on any atom is 0.306 e. The first kappa shape index (κ1) is 29.0. The Hall–Kier alpha value is -1.22. The third-order valence-corrected chi connectivity index (χ3v) is 7.61. The summed E-state index contributed by atoms with van der Waals surface area (Å²) in [6, 6.07) is 0. The molecule has 2 aliphatic rings. The van der Waals surface area contributed by atoms with Gasteiger partial charge in [0.15, 0.2) is 0 Å². The molecule has 0 unspecified atom stereocenters. The predicted molar refractivity (Wildman–Crippen MR) is 131 cm³/mol. The van der Waals surface area contributed by atoms with E-state index in [4.69, 9.17) is 9.47 Å². The molecule has 0 spiro atoms. The SMILES string of the molecule is CC1(C)CC(OC(=O)CCC(=O)OC2CC(C)(C)N(CCO)C(C)(C)C2)CC(C)(C)N1CCO. The highest BCUT2D eigenvalue weighted by Gasteiger charge is 2.47. The smallest absolute Gasteiger partial charge is 0.306 e. The standard InChI is InChI=1S/C26H48N2O6/c1-23(2)15-19(16-24(3,4)27(23)11-13-29)33-21(31)9-10-22(32)34-20-17-25(5,6)28(12-14-30)26(7,8)18-20/h19-20,29-30H,9-18H2,1-8H3. The highest BCUT2D eigenvalue weighted by atomic mass is 16.6. The summed E-state index contributed by atoms with van der Waals surface area (Å²) in [5.74, 6) is -0.745. The van der Waals surface area contributed by atoms with Gasteiger partial charge in [-0.3, -0.25) is 19.4 Å². The average Bonchev–Trinajstić information content (AvgIpc) is 2.64. The zero-order valence-corrected chi connectivity index (χ0v) is 22.6. The molecule has 2 N–H and O–H groups in total. The molecule has 0 aliphatic carbocycles. The van der Waals surface area contributed by atoms with Gasteiger partial charge in [-0.1, -0.05) is 0 Å². The molecule has 2 fully saturated rings. The van der Waals surface area contributed by atoms with Crippen LogP contribution < -0.4 is 0 Å². The van der Waals surface area contributed by atoms with Gasteiger partial charge >= 0.3 is 11.9 Å². The number of carbonyl (C=O) groups is 2. The predicted octanol–water partition coefficient (Wildman–Crippen LogP) is 2.88. The van der Waals surface area contributed by atoms with Crippen molar-refractivity contribution in [2.45, 2.75) is 128 Å². The van der Waals surface area contributed by atoms with Crippen LogP contribution in [-0.4, -0.2) is 92.6 Å². The highest BCUT2D eigenvalue weighted by Crippen LogP contribution is 2.40. The topological polar surface area (TPSA) is 99.5 Å². The van der Waals surface area contributed by atoms with Crippen molar-refractivity contribution in [3.05, 3.63) is 0 Å². The van der Waals surface area contributed by atoms with Gasteiger partial charge in [0, 0.05) is 60.9 Å². The van der Waals surface area contributed by atoms with Crippen LogP contribution in [-0.2, 0) is 19.1 Å². The summed E-state index contributed by atoms with van der Waals surface area (Å²) < 4.78 is 11.5. The van der Waals surface area contributed by atoms with E-state index in [0.717, 1.165) is 0 Å². The Morgan fingerprint density at radius 2 is 0.912 bits per heavy atom. The quantitative estimate of drug-likeness (QED) is 0.482. The van der Waals surface area contributed by atoms with Gasteiger partial charge < -0.3 is 19.7 Å². The molecule has 0 aromatic rings. The maximum absolute atomic E-state index is 12.5. The first-order valence-electron chi connectivity index (χ1n) is 12.7. The van der Waals surface area contributed by atoms with Crippen LogP contribution in [0.3, 0.4) is 0 Å². The number of rotatable bonds is 9. The zero-order chi connectivity index (χ0) is 25.9. The van der Waals surface area contributed by atoms with Crippen molar-refractivity contribution in [1.82, 2.24) is 9.80 Å². The Morgan fingerprint density at radius 1 is 0.647 bits per heavy atom. The molecule has 0 aromatic heterocycles. The lowest BCUT2D eigenvalue weighted by molar-refractivity contribution is -0.167. The van der Waals surface area contributed by atoms with Gasteiger partial charge in [0.2, 0.25) is 0 Å². The van der Waals surface area contributed by atoms with Crippen LogP contribution in [0.15, 0.2) is 0 Å². The average molecular weight is 485 g/mol. The van der Waals surface area contributed by atoms with Crippen molar-refractivity contribution in [1.29, 1.82) is 0 Å². The Bertz CT molecular complexity index is 622. The van der Waals surface area contributed by atoms with Crippen LogP contribution in [0.5, 0.6) is 0 Å². The Balaban J connectivity index is 1.86. The summed E-state index contributed by atoms with van der Waals surface area (Å²) in [4.78, 5) is 29.6. The van der Waals surface area contributed by atoms with Crippen molar-refractivity contribution in [2.24, 2.45) is 0 Å². The number of hydrogen-bond donors (Lipinski definition) is 2. The van der Waals surface area contributed by atoms with Crippen LogP contribution in [0.4, 0.5) is 0 Å². The van der Waals surface area contributed by atoms with Crippen LogP contribution in [0.2, 0.25) is 0 Å². The number of ether oxygens (including phenoxy) is 2. The number of hydrogen-bond acceptors (Lipinski definition) is 8. The fraction of sp³-hybridized carbons (Fsp3) is 0.923. The minimum absolute atomic E-state index is 0.00663. The Kier molecular flexibility index (Phi) is 9.22. The van der Waals surface area contributed by atoms with Crippen LogP contribution in [0.25, 0.3) is 0 Å². The molecule has 0 aromatic carbocycles. The van der Waals surface area contributed by atoms with Gasteiger partial charge in [-0.05, 0) is 55.4 Å². The highest BCUT2D eigenvalue weighted by molar-refractivity contribution is 5.77. The summed E-state index contributed by atoms with van der Waals surface area (Å²) in [6.07, 6.45) is 2.31. The van der Waals surface area contributed by atoms with Gasteiger partial charge in [0.05, 0.1) is 26.1 Å². The number of likely N-dealkylation sites (tertiary alicyclic amines) is 2. The van der Waals surface area contributed by atoms with Crippen molar-refractivity contribution in [3.8, 4) is 0 Å². The molecule has 0 saturated carbocycles. The van der Waals surface area contributed by atoms with E-state index in [1.807, 2.05) is 0 Å². The van der Waals surface area contributed by atoms with Gasteiger partial charge in [-0.25, -0.2) is 0 Å². The lowest BCUT2D eigenvalue weighted by Gasteiger charge is -2.54. The van der Waals surface area contributed by atoms with Gasteiger partial charge in [-0.2, -0.15) is 0 Å². The largest absolute Gasteiger partial charge is 0.462 e. The summed E-state index contributed by atoms with van der Waals surface area (Å²) in [5, 5.41) is 18.9. The first-order chi connectivity index (χ1) is 15.5. The van der Waals surface area contributed by atoms with E-state index in [2.05, 4.69) is 65.2 Å². The van der Waals surface area contributed by atoms with Crippen molar-refractivity contribution in [2.75, 3.05) is 26.3 Å². The molecule has 0 bridgehead atoms. The molecule has 34 heavy (non-hydrogen) atoms. The number of aliphatic hydroxyl groups is 2. The molecule has 198 valence electrons. The van der Waals surface area contributed by atoms with E-state index in [1.165, 1.54) is 0 Å². The second-order valence-electron chi connectivity index (χ2n) is 12.5. The summed E-state index contributed by atoms with van der Waals surface area (Å²) in [6.45, 7) is 18.2. The van der Waals surface area contributed by atoms with E-state index < -0.39 is 0 Å². The maximum atomic E-state index is 12.5. The molecule has 2 aliphatic heterocycles. The Labute approximate surface area is 206 Å². The number of piperidine rings is 2. The molecule has 0 amide bonds. The Morgan fingerprint density at radius 3 is 1.15 bits per heavy atom. The number of β-amino-alcohol motifs (C(OH)–C–C–N with tert-alkyl or cyclic N) is 2. The lowest BCUT2D eigenvalue weighted by Crippen LogP contribution is -2.63. The van der Waals surface area contributed by atoms with E-state index in [9.17, 15) is 19.8 Å². The number of nitrogens with zero attached hydrogens (tertiary/aromatic N) is 2. The number of aliphatic hydroxyl groups excluding tert-OH is 2. The second-order valence-corrected chi connectivity index (χ2v) is 12.5. The summed E-state index contributed by atoms with van der Waals surface area (Å²) in [5.41, 5.74) is -0.838. The third-order valence-electron chi connectivity index (χ3n) is 7.61. The molecule has 0 radical (unpaired) electrons. The molecular weight excluding hydrogens is 436 g/mol. The summed E-state index contributed by atoms with van der Waals surface area (Å²) >= 11 is 0. The van der Waals surface area contributed by atoms with Gasteiger partial charge in [0.1, 0.15) is 12.2 Å².